The van der Waals surface area contributed by atoms with Crippen molar-refractivity contribution in [3.8, 4) is 17.6 Å². The van der Waals surface area contributed by atoms with Gasteiger partial charge in [0.05, 0.1) is 25.3 Å². The summed E-state index contributed by atoms with van der Waals surface area (Å²) < 4.78 is 9.30. The van der Waals surface area contributed by atoms with Gasteiger partial charge < -0.3 is 14.6 Å². The summed E-state index contributed by atoms with van der Waals surface area (Å²) in [7, 11) is 2.56. The summed E-state index contributed by atoms with van der Waals surface area (Å²) in [5.74, 6) is -0.813. The molecule has 0 aliphatic rings. The number of ether oxygens (including phenoxy) is 2. The monoisotopic (exact) mass is 207 g/mol. The Hall–Kier alpha value is -2.22. The number of hydrogen-bond acceptors (Lipinski definition) is 5. The number of benzene rings is 1. The van der Waals surface area contributed by atoms with Crippen molar-refractivity contribution < 1.29 is 19.4 Å². The van der Waals surface area contributed by atoms with Crippen LogP contribution >= 0.6 is 0 Å². The molecule has 78 valence electrons. The van der Waals surface area contributed by atoms with Crippen LogP contribution in [0.5, 0.6) is 11.5 Å². The maximum absolute atomic E-state index is 11.2. The maximum atomic E-state index is 11.2. The lowest BCUT2D eigenvalue weighted by Crippen LogP contribution is -2.02. The Labute approximate surface area is 86.5 Å². The summed E-state index contributed by atoms with van der Waals surface area (Å²) in [6.45, 7) is 0. The summed E-state index contributed by atoms with van der Waals surface area (Å²) in [4.78, 5) is 11.2. The lowest BCUT2D eigenvalue weighted by molar-refractivity contribution is 0.0600. The van der Waals surface area contributed by atoms with Gasteiger partial charge in [-0.2, -0.15) is 5.26 Å². The predicted octanol–water partition coefficient (Wildman–Crippen LogP) is 1.06. The third kappa shape index (κ3) is 1.99. The van der Waals surface area contributed by atoms with Gasteiger partial charge in [-0.3, -0.25) is 0 Å². The zero-order chi connectivity index (χ0) is 11.4. The molecule has 15 heavy (non-hydrogen) atoms. The molecule has 1 N–H and O–H groups in total. The van der Waals surface area contributed by atoms with E-state index in [1.165, 1.54) is 26.4 Å². The van der Waals surface area contributed by atoms with E-state index in [2.05, 4.69) is 4.74 Å². The fourth-order valence-electron chi connectivity index (χ4n) is 1.08. The van der Waals surface area contributed by atoms with Crippen LogP contribution in [0.25, 0.3) is 0 Å². The summed E-state index contributed by atoms with van der Waals surface area (Å²) in [5.41, 5.74) is 0.124. The van der Waals surface area contributed by atoms with E-state index in [-0.39, 0.29) is 22.6 Å². The highest BCUT2D eigenvalue weighted by Crippen LogP contribution is 2.31. The molecule has 1 aromatic carbocycles. The van der Waals surface area contributed by atoms with Crippen LogP contribution in [0, 0.1) is 11.3 Å². The number of nitrogens with zero attached hydrogens (tertiary/aromatic N) is 1. The number of nitriles is 1. The van der Waals surface area contributed by atoms with Gasteiger partial charge in [-0.1, -0.05) is 0 Å². The molecule has 0 fully saturated rings. The molecular formula is C10H9NO4. The fraction of sp³-hybridized carbons (Fsp3) is 0.200. The number of phenols is 1. The Morgan fingerprint density at radius 1 is 1.47 bits per heavy atom. The van der Waals surface area contributed by atoms with Crippen molar-refractivity contribution in [1.29, 1.82) is 5.26 Å². The number of esters is 1. The van der Waals surface area contributed by atoms with E-state index >= 15 is 0 Å². The third-order valence-corrected chi connectivity index (χ3v) is 1.84. The predicted molar refractivity (Wildman–Crippen MR) is 50.7 cm³/mol. The molecule has 1 aromatic rings. The first kappa shape index (κ1) is 10.9. The van der Waals surface area contributed by atoms with E-state index in [9.17, 15) is 9.90 Å². The van der Waals surface area contributed by atoms with E-state index in [0.717, 1.165) is 0 Å². The van der Waals surface area contributed by atoms with Crippen molar-refractivity contribution in [2.45, 2.75) is 0 Å². The Balaban J connectivity index is 3.34. The maximum Gasteiger partial charge on any atom is 0.338 e. The molecular weight excluding hydrogens is 198 g/mol. The number of hydrogen-bond donors (Lipinski definition) is 1. The number of methoxy groups -OCH3 is 2. The average molecular weight is 207 g/mol. The second-order valence-corrected chi connectivity index (χ2v) is 2.68. The Kier molecular flexibility index (Phi) is 3.13. The molecule has 0 aliphatic heterocycles. The molecule has 0 spiro atoms. The van der Waals surface area contributed by atoms with Gasteiger partial charge in [0.2, 0.25) is 0 Å². The number of carbonyl (C=O) groups is 1. The molecule has 0 saturated heterocycles. The Morgan fingerprint density at radius 2 is 2.13 bits per heavy atom. The van der Waals surface area contributed by atoms with Crippen molar-refractivity contribution in [1.82, 2.24) is 0 Å². The van der Waals surface area contributed by atoms with Crippen LogP contribution < -0.4 is 4.74 Å². The summed E-state index contributed by atoms with van der Waals surface area (Å²) in [5, 5.41) is 18.2. The zero-order valence-corrected chi connectivity index (χ0v) is 8.27. The molecule has 0 heterocycles. The van der Waals surface area contributed by atoms with Gasteiger partial charge in [0.1, 0.15) is 6.07 Å². The van der Waals surface area contributed by atoms with Crippen molar-refractivity contribution in [2.24, 2.45) is 0 Å². The second-order valence-electron chi connectivity index (χ2n) is 2.68. The van der Waals surface area contributed by atoms with Gasteiger partial charge in [0, 0.05) is 0 Å². The van der Waals surface area contributed by atoms with E-state index in [0.29, 0.717) is 0 Å². The molecule has 0 amide bonds. The molecule has 0 bridgehead atoms. The summed E-state index contributed by atoms with van der Waals surface area (Å²) in [6.07, 6.45) is 0. The van der Waals surface area contributed by atoms with E-state index in [1.807, 2.05) is 0 Å². The fourth-order valence-corrected chi connectivity index (χ4v) is 1.08. The van der Waals surface area contributed by atoms with Gasteiger partial charge in [-0.25, -0.2) is 4.79 Å². The first-order valence-corrected chi connectivity index (χ1v) is 4.03. The molecule has 0 saturated carbocycles. The van der Waals surface area contributed by atoms with E-state index < -0.39 is 5.97 Å². The van der Waals surface area contributed by atoms with Crippen molar-refractivity contribution >= 4 is 5.97 Å². The lowest BCUT2D eigenvalue weighted by Gasteiger charge is -2.06. The molecule has 0 aromatic heterocycles. The topological polar surface area (TPSA) is 79.6 Å². The lowest BCUT2D eigenvalue weighted by atomic mass is 10.1. The van der Waals surface area contributed by atoms with Gasteiger partial charge in [-0.15, -0.1) is 0 Å². The van der Waals surface area contributed by atoms with E-state index in [1.54, 1.807) is 6.07 Å². The minimum Gasteiger partial charge on any atom is -0.503 e. The van der Waals surface area contributed by atoms with Crippen LogP contribution in [0.15, 0.2) is 12.1 Å². The second kappa shape index (κ2) is 4.33. The Morgan fingerprint density at radius 3 is 2.60 bits per heavy atom. The van der Waals surface area contributed by atoms with Crippen LogP contribution in [-0.2, 0) is 4.74 Å². The highest BCUT2D eigenvalue weighted by Gasteiger charge is 2.14. The van der Waals surface area contributed by atoms with Crippen LogP contribution in [0.3, 0.4) is 0 Å². The van der Waals surface area contributed by atoms with Gasteiger partial charge in [0.25, 0.3) is 0 Å². The highest BCUT2D eigenvalue weighted by atomic mass is 16.5. The zero-order valence-electron chi connectivity index (χ0n) is 8.27. The third-order valence-electron chi connectivity index (χ3n) is 1.84. The molecule has 0 aliphatic carbocycles. The Bertz CT molecular complexity index is 434. The number of phenolic OH excluding ortho intramolecular Hbond substituents is 1. The molecule has 0 unspecified atom stereocenters. The summed E-state index contributed by atoms with van der Waals surface area (Å²) in [6, 6.07) is 4.30. The average Bonchev–Trinajstić information content (AvgIpc) is 2.28. The van der Waals surface area contributed by atoms with Crippen LogP contribution in [0.4, 0.5) is 0 Å². The number of rotatable bonds is 2. The quantitative estimate of drug-likeness (QED) is 0.733. The van der Waals surface area contributed by atoms with Crippen LogP contribution in [-0.4, -0.2) is 25.3 Å². The number of carbonyl (C=O) groups excluding carboxylic acids is 1. The molecule has 5 heteroatoms. The standard InChI is InChI=1S/C10H9NO4/c1-14-8-4-6(10(13)15-2)3-7(5-11)9(8)12/h3-4,12H,1-2H3. The van der Waals surface area contributed by atoms with Crippen LogP contribution in [0.1, 0.15) is 15.9 Å². The van der Waals surface area contributed by atoms with E-state index in [4.69, 9.17) is 10.00 Å². The molecule has 1 rings (SSSR count). The summed E-state index contributed by atoms with van der Waals surface area (Å²) >= 11 is 0. The first-order chi connectivity index (χ1) is 7.13. The normalized spacial score (nSPS) is 9.13. The van der Waals surface area contributed by atoms with Crippen molar-refractivity contribution in [3.63, 3.8) is 0 Å². The highest BCUT2D eigenvalue weighted by molar-refractivity contribution is 5.90. The SMILES string of the molecule is COC(=O)c1cc(C#N)c(O)c(OC)c1. The number of aromatic hydroxyl groups is 1. The van der Waals surface area contributed by atoms with Gasteiger partial charge >= 0.3 is 5.97 Å². The minimum absolute atomic E-state index is 0.0326. The van der Waals surface area contributed by atoms with Gasteiger partial charge in [0.15, 0.2) is 11.5 Å². The van der Waals surface area contributed by atoms with Gasteiger partial charge in [-0.05, 0) is 12.1 Å². The first-order valence-electron chi connectivity index (χ1n) is 4.03. The molecule has 0 atom stereocenters. The molecule has 5 nitrogen and oxygen atoms in total. The van der Waals surface area contributed by atoms with Crippen LogP contribution in [0.2, 0.25) is 0 Å². The van der Waals surface area contributed by atoms with Crippen molar-refractivity contribution in [2.75, 3.05) is 14.2 Å². The smallest absolute Gasteiger partial charge is 0.338 e. The largest absolute Gasteiger partial charge is 0.503 e. The molecule has 0 radical (unpaired) electrons. The minimum atomic E-state index is -0.593. The van der Waals surface area contributed by atoms with Crippen molar-refractivity contribution in [3.05, 3.63) is 23.3 Å².